The summed E-state index contributed by atoms with van der Waals surface area (Å²) in [5.41, 5.74) is 6.74. The van der Waals surface area contributed by atoms with Gasteiger partial charge in [0.05, 0.1) is 60.8 Å². The van der Waals surface area contributed by atoms with Gasteiger partial charge in [-0.2, -0.15) is 0 Å². The average molecular weight is 756 g/mol. The van der Waals surface area contributed by atoms with Crippen molar-refractivity contribution in [3.05, 3.63) is 96.9 Å². The number of aromatic amines is 2. The lowest BCUT2D eigenvalue weighted by atomic mass is 9.83. The van der Waals surface area contributed by atoms with Gasteiger partial charge in [-0.05, 0) is 72.1 Å². The molecule has 5 aromatic rings. The maximum absolute atomic E-state index is 13.7. The fourth-order valence-electron chi connectivity index (χ4n) is 8.99. The maximum Gasteiger partial charge on any atom is 0.407 e. The molecule has 56 heavy (non-hydrogen) atoms. The number of amides is 3. The predicted molar refractivity (Wildman–Crippen MR) is 210 cm³/mol. The van der Waals surface area contributed by atoms with Crippen molar-refractivity contribution < 1.29 is 19.1 Å². The third kappa shape index (κ3) is 7.17. The first-order valence-corrected chi connectivity index (χ1v) is 19.6. The smallest absolute Gasteiger partial charge is 0.407 e. The van der Waals surface area contributed by atoms with Crippen molar-refractivity contribution in [2.24, 2.45) is 29.6 Å². The van der Waals surface area contributed by atoms with E-state index in [0.29, 0.717) is 24.3 Å². The molecule has 3 aliphatic rings. The number of likely N-dealkylation sites (tertiary alicyclic amines) is 1. The fraction of sp³-hybridized carbons (Fsp3) is 0.419. The summed E-state index contributed by atoms with van der Waals surface area (Å²) in [5.74, 6) is 2.62. The Hall–Kier alpha value is -5.85. The number of benzene rings is 2. The molecule has 290 valence electrons. The molecule has 3 aromatic heterocycles. The minimum absolute atomic E-state index is 0.0254. The van der Waals surface area contributed by atoms with Gasteiger partial charge in [-0.1, -0.05) is 69.3 Å². The molecule has 3 amide bonds. The first-order valence-electron chi connectivity index (χ1n) is 19.6. The van der Waals surface area contributed by atoms with Crippen molar-refractivity contribution in [3.63, 3.8) is 0 Å². The van der Waals surface area contributed by atoms with E-state index in [1.165, 1.54) is 7.11 Å². The van der Waals surface area contributed by atoms with Gasteiger partial charge < -0.3 is 30.2 Å². The van der Waals surface area contributed by atoms with Gasteiger partial charge in [-0.25, -0.2) is 14.8 Å². The largest absolute Gasteiger partial charge is 0.453 e. The minimum Gasteiger partial charge on any atom is -0.453 e. The number of ether oxygens (including phenoxy) is 1. The molecule has 2 saturated carbocycles. The van der Waals surface area contributed by atoms with Crippen molar-refractivity contribution in [2.75, 3.05) is 13.7 Å². The maximum atomic E-state index is 13.7. The molecule has 13 heteroatoms. The zero-order chi connectivity index (χ0) is 39.1. The molecule has 8 atom stereocenters. The molecule has 4 N–H and O–H groups in total. The second-order valence-electron chi connectivity index (χ2n) is 15.9. The molecule has 0 spiro atoms. The summed E-state index contributed by atoms with van der Waals surface area (Å²) in [5, 5.41) is 5.91. The Balaban J connectivity index is 0.922. The quantitative estimate of drug-likeness (QED) is 0.114. The van der Waals surface area contributed by atoms with Crippen LogP contribution in [-0.2, 0) is 14.3 Å². The Labute approximate surface area is 326 Å². The topological polar surface area (TPSA) is 171 Å². The van der Waals surface area contributed by atoms with E-state index in [0.717, 1.165) is 70.2 Å². The number of nitrogens with one attached hydrogen (secondary N) is 4. The van der Waals surface area contributed by atoms with E-state index in [2.05, 4.69) is 91.0 Å². The first-order chi connectivity index (χ1) is 27.1. The Morgan fingerprint density at radius 3 is 2.04 bits per heavy atom. The lowest BCUT2D eigenvalue weighted by molar-refractivity contribution is -0.135. The number of hydrogen-bond acceptors (Lipinski definition) is 8. The highest BCUT2D eigenvalue weighted by Crippen LogP contribution is 2.64. The Morgan fingerprint density at radius 2 is 1.43 bits per heavy atom. The predicted octanol–water partition coefficient (Wildman–Crippen LogP) is 6.83. The highest BCUT2D eigenvalue weighted by Gasteiger charge is 2.61. The van der Waals surface area contributed by atoms with Crippen LogP contribution in [0.1, 0.15) is 82.3 Å². The van der Waals surface area contributed by atoms with E-state index >= 15 is 0 Å². The van der Waals surface area contributed by atoms with Gasteiger partial charge in [0.1, 0.15) is 17.7 Å². The normalized spacial score (nSPS) is 23.7. The zero-order valence-corrected chi connectivity index (χ0v) is 32.4. The van der Waals surface area contributed by atoms with Gasteiger partial charge in [0.15, 0.2) is 0 Å². The van der Waals surface area contributed by atoms with Crippen LogP contribution in [0, 0.1) is 29.6 Å². The molecule has 2 unspecified atom stereocenters. The molecule has 13 nitrogen and oxygen atoms in total. The van der Waals surface area contributed by atoms with Gasteiger partial charge in [0.2, 0.25) is 11.8 Å². The van der Waals surface area contributed by atoms with E-state index in [9.17, 15) is 14.4 Å². The van der Waals surface area contributed by atoms with Crippen molar-refractivity contribution in [3.8, 4) is 33.6 Å². The lowest BCUT2D eigenvalue weighted by Crippen LogP contribution is -2.51. The average Bonchev–Trinajstić information content (AvgIpc) is 3.66. The molecule has 8 rings (SSSR count). The number of hydrogen-bond donors (Lipinski definition) is 4. The molecule has 0 radical (unpaired) electrons. The van der Waals surface area contributed by atoms with E-state index in [-0.39, 0.29) is 41.7 Å². The Bertz CT molecular complexity index is 2180. The van der Waals surface area contributed by atoms with Crippen LogP contribution in [0.15, 0.2) is 79.5 Å². The van der Waals surface area contributed by atoms with Crippen LogP contribution in [0.25, 0.3) is 33.6 Å². The van der Waals surface area contributed by atoms with Crippen LogP contribution in [-0.4, -0.2) is 72.4 Å². The van der Waals surface area contributed by atoms with Gasteiger partial charge in [0.25, 0.3) is 0 Å². The molecule has 2 aliphatic carbocycles. The van der Waals surface area contributed by atoms with Crippen molar-refractivity contribution >= 4 is 17.9 Å². The van der Waals surface area contributed by atoms with Crippen LogP contribution in [0.3, 0.4) is 0 Å². The van der Waals surface area contributed by atoms with Crippen molar-refractivity contribution in [2.45, 2.75) is 71.0 Å². The zero-order valence-electron chi connectivity index (χ0n) is 32.4. The number of carbonyl (C=O) groups excluding carboxylic acids is 3. The summed E-state index contributed by atoms with van der Waals surface area (Å²) in [4.78, 5) is 66.1. The van der Waals surface area contributed by atoms with Gasteiger partial charge >= 0.3 is 6.09 Å². The molecular weight excluding hydrogens is 707 g/mol. The number of rotatable bonds is 11. The molecule has 3 fully saturated rings. The van der Waals surface area contributed by atoms with Crippen molar-refractivity contribution in [1.82, 2.24) is 45.4 Å². The second-order valence-corrected chi connectivity index (χ2v) is 15.9. The summed E-state index contributed by atoms with van der Waals surface area (Å²) < 4.78 is 4.76. The summed E-state index contributed by atoms with van der Waals surface area (Å²) in [6, 6.07) is 15.7. The Morgan fingerprint density at radius 1 is 0.804 bits per heavy atom. The molecule has 1 saturated heterocycles. The van der Waals surface area contributed by atoms with E-state index in [1.807, 2.05) is 38.1 Å². The van der Waals surface area contributed by atoms with E-state index < -0.39 is 12.1 Å². The summed E-state index contributed by atoms with van der Waals surface area (Å²) >= 11 is 0. The number of carbonyl (C=O) groups is 3. The molecule has 0 bridgehead atoms. The number of H-pyrrole nitrogens is 2. The number of alkyl carbamates (subject to hydrolysis) is 1. The number of nitrogens with zero attached hydrogens (tertiary/aromatic N) is 5. The second kappa shape index (κ2) is 15.4. The highest BCUT2D eigenvalue weighted by molar-refractivity contribution is 5.86. The molecule has 1 aliphatic heterocycles. The van der Waals surface area contributed by atoms with Crippen LogP contribution in [0.5, 0.6) is 0 Å². The number of aromatic nitrogens is 6. The summed E-state index contributed by atoms with van der Waals surface area (Å²) in [6.07, 6.45) is 10.8. The van der Waals surface area contributed by atoms with Gasteiger partial charge in [-0.3, -0.25) is 19.6 Å². The van der Waals surface area contributed by atoms with Crippen LogP contribution in [0.4, 0.5) is 4.79 Å². The summed E-state index contributed by atoms with van der Waals surface area (Å²) in [6.45, 7) is 8.62. The van der Waals surface area contributed by atoms with Gasteiger partial charge in [0, 0.05) is 24.9 Å². The fourth-order valence-corrected chi connectivity index (χ4v) is 8.99. The molecular formula is C43H49N9O4. The molecule has 4 heterocycles. The first kappa shape index (κ1) is 37.1. The third-order valence-corrected chi connectivity index (χ3v) is 12.1. The van der Waals surface area contributed by atoms with E-state index in [1.54, 1.807) is 18.6 Å². The Kier molecular flexibility index (Phi) is 10.2. The number of methoxy groups -OCH3 is 1. The summed E-state index contributed by atoms with van der Waals surface area (Å²) in [7, 11) is 1.30. The van der Waals surface area contributed by atoms with Crippen LogP contribution < -0.4 is 10.6 Å². The van der Waals surface area contributed by atoms with Crippen molar-refractivity contribution in [1.29, 1.82) is 0 Å². The van der Waals surface area contributed by atoms with Crippen LogP contribution >= 0.6 is 0 Å². The third-order valence-electron chi connectivity index (χ3n) is 12.1. The van der Waals surface area contributed by atoms with Gasteiger partial charge in [-0.15, -0.1) is 0 Å². The van der Waals surface area contributed by atoms with E-state index in [4.69, 9.17) is 9.72 Å². The SMILES string of the molecule is COC(=O)NC(C(=O)N1CCC[C@H]1c1ncc(-c2ccc(-c3ccc(-c4cnc([C@H]5[C@H](C(=O)N[C@@H](C)c6cnccn6)[C@@H]6CC6[C@H]5C)[nH]4)cc3)cc2)[nH]1)C(C)C. The molecule has 2 aromatic carbocycles. The number of imidazole rings is 2. The standard InChI is InChI=1S/C43H49N9O4/c1-23(2)38(51-43(55)56-5)42(54)52-18-6-7-35(52)39-46-21-33(49-39)28-12-8-26(9-13-28)27-10-14-29(15-11-27)34-22-47-40(50-34)36-24(3)30-19-31(30)37(36)41(53)48-25(4)32-20-44-16-17-45-32/h8-17,20-25,30-31,35-38H,6-7,18-19H2,1-5H3,(H,46,49)(H,47,50)(H,48,53)(H,51,55)/t24-,25+,30?,31-,35+,36-,37-,38?/m1/s1. The number of fused-ring (bicyclic) bond motifs is 1. The monoisotopic (exact) mass is 755 g/mol. The minimum atomic E-state index is -0.680. The lowest BCUT2D eigenvalue weighted by Gasteiger charge is -2.30. The highest BCUT2D eigenvalue weighted by atomic mass is 16.5. The van der Waals surface area contributed by atoms with Crippen LogP contribution in [0.2, 0.25) is 0 Å².